The van der Waals surface area contributed by atoms with Gasteiger partial charge in [-0.1, -0.05) is 60.7 Å². The molecule has 176 valence electrons. The van der Waals surface area contributed by atoms with Crippen molar-refractivity contribution < 1.29 is 24.2 Å². The molecule has 3 aromatic carbocycles. The average Bonchev–Trinajstić information content (AvgIpc) is 3.11. The normalized spacial score (nSPS) is 13.5. The zero-order valence-corrected chi connectivity index (χ0v) is 19.6. The van der Waals surface area contributed by atoms with E-state index in [2.05, 4.69) is 17.4 Å². The molecule has 2 N–H and O–H groups in total. The molecule has 34 heavy (non-hydrogen) atoms. The van der Waals surface area contributed by atoms with Crippen molar-refractivity contribution in [2.24, 2.45) is 0 Å². The van der Waals surface area contributed by atoms with Crippen molar-refractivity contribution >= 4 is 12.1 Å². The Balaban J connectivity index is 1.38. The molecule has 6 nitrogen and oxygen atoms in total. The highest BCUT2D eigenvalue weighted by atomic mass is 16.6. The summed E-state index contributed by atoms with van der Waals surface area (Å²) < 4.78 is 11.3. The maximum Gasteiger partial charge on any atom is 0.407 e. The Bertz CT molecular complexity index is 1130. The number of nitrogens with one attached hydrogen (secondary N) is 1. The summed E-state index contributed by atoms with van der Waals surface area (Å²) in [4.78, 5) is 24.3. The van der Waals surface area contributed by atoms with Gasteiger partial charge in [0.1, 0.15) is 24.0 Å². The Hall–Kier alpha value is -3.80. The molecular formula is C28H29NO5. The van der Waals surface area contributed by atoms with Crippen molar-refractivity contribution in [3.8, 4) is 16.9 Å². The van der Waals surface area contributed by atoms with Gasteiger partial charge in [0.15, 0.2) is 0 Å². The van der Waals surface area contributed by atoms with Gasteiger partial charge in [-0.2, -0.15) is 0 Å². The van der Waals surface area contributed by atoms with Gasteiger partial charge in [0.2, 0.25) is 0 Å². The van der Waals surface area contributed by atoms with Crippen molar-refractivity contribution in [3.05, 3.63) is 89.5 Å². The molecule has 0 heterocycles. The van der Waals surface area contributed by atoms with Crippen LogP contribution in [0.2, 0.25) is 0 Å². The van der Waals surface area contributed by atoms with Gasteiger partial charge in [-0.15, -0.1) is 0 Å². The lowest BCUT2D eigenvalue weighted by molar-refractivity contribution is -0.139. The lowest BCUT2D eigenvalue weighted by Crippen LogP contribution is -2.42. The number of fused-ring (bicyclic) bond motifs is 3. The van der Waals surface area contributed by atoms with E-state index in [4.69, 9.17) is 9.47 Å². The Morgan fingerprint density at radius 3 is 2.00 bits per heavy atom. The van der Waals surface area contributed by atoms with Crippen molar-refractivity contribution in [2.45, 2.75) is 44.8 Å². The predicted octanol–water partition coefficient (Wildman–Crippen LogP) is 5.40. The molecule has 0 saturated heterocycles. The minimum absolute atomic E-state index is 0.0863. The first kappa shape index (κ1) is 23.4. The molecule has 6 heteroatoms. The lowest BCUT2D eigenvalue weighted by atomic mass is 9.98. The largest absolute Gasteiger partial charge is 0.488 e. The fourth-order valence-corrected chi connectivity index (χ4v) is 4.27. The minimum atomic E-state index is -1.12. The summed E-state index contributed by atoms with van der Waals surface area (Å²) in [5.41, 5.74) is 4.92. The molecule has 0 aliphatic heterocycles. The highest BCUT2D eigenvalue weighted by Gasteiger charge is 2.29. The first-order valence-corrected chi connectivity index (χ1v) is 11.3. The molecule has 1 aliphatic carbocycles. The highest BCUT2D eigenvalue weighted by Crippen LogP contribution is 2.44. The maximum atomic E-state index is 12.5. The summed E-state index contributed by atoms with van der Waals surface area (Å²) >= 11 is 0. The van der Waals surface area contributed by atoms with Gasteiger partial charge in [-0.05, 0) is 60.7 Å². The fourth-order valence-electron chi connectivity index (χ4n) is 4.27. The van der Waals surface area contributed by atoms with Crippen LogP contribution in [0.3, 0.4) is 0 Å². The lowest BCUT2D eigenvalue weighted by Gasteiger charge is -2.21. The highest BCUT2D eigenvalue weighted by molar-refractivity contribution is 5.81. The van der Waals surface area contributed by atoms with E-state index in [1.54, 1.807) is 24.3 Å². The van der Waals surface area contributed by atoms with E-state index in [0.717, 1.165) is 27.8 Å². The van der Waals surface area contributed by atoms with Gasteiger partial charge in [-0.3, -0.25) is 0 Å². The van der Waals surface area contributed by atoms with Gasteiger partial charge >= 0.3 is 12.1 Å². The third-order valence-corrected chi connectivity index (χ3v) is 5.72. The summed E-state index contributed by atoms with van der Waals surface area (Å²) in [5, 5.41) is 12.1. The predicted molar refractivity (Wildman–Crippen MR) is 130 cm³/mol. The number of benzene rings is 3. The Morgan fingerprint density at radius 1 is 0.912 bits per heavy atom. The number of hydrogen-bond acceptors (Lipinski definition) is 4. The van der Waals surface area contributed by atoms with E-state index in [1.165, 1.54) is 0 Å². The van der Waals surface area contributed by atoms with Crippen LogP contribution in [0.25, 0.3) is 11.1 Å². The van der Waals surface area contributed by atoms with Gasteiger partial charge in [0.05, 0.1) is 0 Å². The van der Waals surface area contributed by atoms with E-state index in [1.807, 2.05) is 57.2 Å². The first-order chi connectivity index (χ1) is 16.2. The molecule has 1 atom stereocenters. The first-order valence-electron chi connectivity index (χ1n) is 11.3. The molecule has 0 aromatic heterocycles. The van der Waals surface area contributed by atoms with E-state index in [-0.39, 0.29) is 24.5 Å². The van der Waals surface area contributed by atoms with Crippen LogP contribution in [0.5, 0.6) is 5.75 Å². The monoisotopic (exact) mass is 460 g/mol. The maximum absolute atomic E-state index is 12.5. The van der Waals surface area contributed by atoms with Gasteiger partial charge < -0.3 is 19.9 Å². The van der Waals surface area contributed by atoms with Crippen LogP contribution < -0.4 is 10.1 Å². The average molecular weight is 461 g/mol. The van der Waals surface area contributed by atoms with Crippen LogP contribution in [-0.2, 0) is 16.0 Å². The third-order valence-electron chi connectivity index (χ3n) is 5.72. The second-order valence-electron chi connectivity index (χ2n) is 9.42. The number of rotatable bonds is 7. The molecule has 0 bridgehead atoms. The van der Waals surface area contributed by atoms with Crippen LogP contribution in [0, 0.1) is 0 Å². The summed E-state index contributed by atoms with van der Waals surface area (Å²) in [6.07, 6.45) is -0.614. The molecule has 0 radical (unpaired) electrons. The van der Waals surface area contributed by atoms with Crippen LogP contribution in [-0.4, -0.2) is 35.4 Å². The number of carbonyl (C=O) groups is 2. The number of amides is 1. The van der Waals surface area contributed by atoms with Crippen LogP contribution in [0.4, 0.5) is 4.79 Å². The summed E-state index contributed by atoms with van der Waals surface area (Å²) in [5.74, 6) is -0.507. The molecule has 0 spiro atoms. The quantitative estimate of drug-likeness (QED) is 0.461. The van der Waals surface area contributed by atoms with Gasteiger partial charge in [-0.25, -0.2) is 9.59 Å². The second kappa shape index (κ2) is 9.59. The molecule has 0 fully saturated rings. The number of carboxylic acids is 1. The standard InChI is InChI=1S/C28H29NO5/c1-28(2,3)34-19-14-12-18(13-15-19)16-25(26(30)31)29-27(32)33-17-24-22-10-6-4-8-20(22)21-9-5-7-11-23(21)24/h4-15,24-25H,16-17H2,1-3H3,(H,29,32)(H,30,31)/t25-/m0/s1/i29+1. The second-order valence-corrected chi connectivity index (χ2v) is 9.42. The van der Waals surface area contributed by atoms with Crippen molar-refractivity contribution in [2.75, 3.05) is 6.61 Å². The van der Waals surface area contributed by atoms with Crippen molar-refractivity contribution in [1.82, 2.24) is 5.32 Å². The van der Waals surface area contributed by atoms with E-state index < -0.39 is 18.1 Å². The Morgan fingerprint density at radius 2 is 1.47 bits per heavy atom. The summed E-state index contributed by atoms with van der Waals surface area (Å²) in [6, 6.07) is 22.2. The third kappa shape index (κ3) is 5.39. The number of aliphatic carboxylic acids is 1. The fraction of sp³-hybridized carbons (Fsp3) is 0.286. The molecular weight excluding hydrogens is 431 g/mol. The zero-order chi connectivity index (χ0) is 24.3. The number of carboxylic acid groups (broad SMARTS) is 1. The Labute approximate surface area is 199 Å². The molecule has 0 unspecified atom stereocenters. The van der Waals surface area contributed by atoms with Gasteiger partial charge in [0, 0.05) is 12.3 Å². The SMILES string of the molecule is CC(C)(C)Oc1ccc(C[C@H]([15NH]C(=O)OCC2c3ccccc3-c3ccccc32)C(=O)O)cc1. The molecule has 1 amide bonds. The van der Waals surface area contributed by atoms with E-state index >= 15 is 0 Å². The van der Waals surface area contributed by atoms with Crippen LogP contribution in [0.15, 0.2) is 72.8 Å². The van der Waals surface area contributed by atoms with Crippen LogP contribution in [0.1, 0.15) is 43.4 Å². The summed E-state index contributed by atoms with van der Waals surface area (Å²) in [7, 11) is 0. The topological polar surface area (TPSA) is 84.9 Å². The number of ether oxygens (including phenoxy) is 2. The van der Waals surface area contributed by atoms with E-state index in [9.17, 15) is 14.7 Å². The molecule has 1 aliphatic rings. The van der Waals surface area contributed by atoms with Crippen molar-refractivity contribution in [1.29, 1.82) is 0 Å². The molecule has 3 aromatic rings. The van der Waals surface area contributed by atoms with Gasteiger partial charge in [0.25, 0.3) is 0 Å². The number of hydrogen-bond donors (Lipinski definition) is 2. The number of alkyl carbamates (subject to hydrolysis) is 1. The molecule has 0 saturated carbocycles. The van der Waals surface area contributed by atoms with E-state index in [0.29, 0.717) is 5.75 Å². The number of carbonyl (C=O) groups excluding carboxylic acids is 1. The molecule has 4 rings (SSSR count). The van der Waals surface area contributed by atoms with Crippen LogP contribution >= 0.6 is 0 Å². The summed E-state index contributed by atoms with van der Waals surface area (Å²) in [6.45, 7) is 6.00. The minimum Gasteiger partial charge on any atom is -0.488 e. The zero-order valence-electron chi connectivity index (χ0n) is 19.6. The smallest absolute Gasteiger partial charge is 0.407 e. The van der Waals surface area contributed by atoms with Crippen molar-refractivity contribution in [3.63, 3.8) is 0 Å². The Kier molecular flexibility index (Phi) is 6.59.